The van der Waals surface area contributed by atoms with Gasteiger partial charge in [-0.25, -0.2) is 0 Å². The van der Waals surface area contributed by atoms with Gasteiger partial charge in [0.05, 0.1) is 12.2 Å². The molecule has 1 saturated heterocycles. The smallest absolute Gasteiger partial charge is 0.262 e. The molecule has 2 aliphatic heterocycles. The van der Waals surface area contributed by atoms with Crippen LogP contribution in [-0.4, -0.2) is 44.0 Å². The summed E-state index contributed by atoms with van der Waals surface area (Å²) >= 11 is 0. The molecule has 0 unspecified atom stereocenters. The minimum absolute atomic E-state index is 0.106. The molecule has 2 heterocycles. The first-order valence-electron chi connectivity index (χ1n) is 9.28. The lowest BCUT2D eigenvalue weighted by atomic mass is 10.1. The SMILES string of the molecule is CNC(=O)[C@@H]1CN(C(=O)c2ccc(N3CCCC3=O)cc2)c2ccccc2O1. The lowest BCUT2D eigenvalue weighted by molar-refractivity contribution is -0.127. The summed E-state index contributed by atoms with van der Waals surface area (Å²) in [5, 5.41) is 2.57. The molecule has 2 aromatic rings. The Labute approximate surface area is 162 Å². The lowest BCUT2D eigenvalue weighted by Crippen LogP contribution is -2.50. The van der Waals surface area contributed by atoms with Crippen molar-refractivity contribution in [3.63, 3.8) is 0 Å². The molecule has 1 N–H and O–H groups in total. The number of para-hydroxylation sites is 2. The zero-order valence-corrected chi connectivity index (χ0v) is 15.6. The number of anilines is 2. The molecular formula is C21H21N3O4. The van der Waals surface area contributed by atoms with E-state index in [1.54, 1.807) is 52.3 Å². The third-order valence-electron chi connectivity index (χ3n) is 5.06. The van der Waals surface area contributed by atoms with Crippen molar-refractivity contribution in [1.82, 2.24) is 5.32 Å². The number of carbonyl (C=O) groups excluding carboxylic acids is 3. The summed E-state index contributed by atoms with van der Waals surface area (Å²) in [4.78, 5) is 40.5. The largest absolute Gasteiger partial charge is 0.477 e. The van der Waals surface area contributed by atoms with Crippen LogP contribution in [0, 0.1) is 0 Å². The van der Waals surface area contributed by atoms with Crippen LogP contribution < -0.4 is 19.9 Å². The van der Waals surface area contributed by atoms with Crippen LogP contribution in [0.1, 0.15) is 23.2 Å². The third-order valence-corrected chi connectivity index (χ3v) is 5.06. The van der Waals surface area contributed by atoms with Crippen molar-refractivity contribution >= 4 is 29.1 Å². The van der Waals surface area contributed by atoms with Crippen LogP contribution in [0.25, 0.3) is 0 Å². The topological polar surface area (TPSA) is 79.0 Å². The summed E-state index contributed by atoms with van der Waals surface area (Å²) in [6, 6.07) is 14.2. The maximum absolute atomic E-state index is 13.2. The molecule has 144 valence electrons. The van der Waals surface area contributed by atoms with Gasteiger partial charge in [0.25, 0.3) is 11.8 Å². The van der Waals surface area contributed by atoms with Gasteiger partial charge in [-0.3, -0.25) is 14.4 Å². The van der Waals surface area contributed by atoms with E-state index in [1.807, 2.05) is 6.07 Å². The second-order valence-corrected chi connectivity index (χ2v) is 6.80. The van der Waals surface area contributed by atoms with Crippen LogP contribution in [0.5, 0.6) is 5.75 Å². The molecule has 2 aromatic carbocycles. The van der Waals surface area contributed by atoms with Crippen molar-refractivity contribution in [1.29, 1.82) is 0 Å². The first kappa shape index (κ1) is 18.0. The Hall–Kier alpha value is -3.35. The van der Waals surface area contributed by atoms with E-state index in [4.69, 9.17) is 4.74 Å². The van der Waals surface area contributed by atoms with E-state index >= 15 is 0 Å². The number of nitrogens with zero attached hydrogens (tertiary/aromatic N) is 2. The van der Waals surface area contributed by atoms with Gasteiger partial charge in [-0.2, -0.15) is 0 Å². The second-order valence-electron chi connectivity index (χ2n) is 6.80. The maximum atomic E-state index is 13.2. The fraction of sp³-hybridized carbons (Fsp3) is 0.286. The second kappa shape index (κ2) is 7.34. The summed E-state index contributed by atoms with van der Waals surface area (Å²) in [6.07, 6.45) is 0.641. The number of likely N-dealkylation sites (N-methyl/N-ethyl adjacent to an activating group) is 1. The van der Waals surface area contributed by atoms with E-state index in [1.165, 1.54) is 7.05 Å². The van der Waals surface area contributed by atoms with Gasteiger partial charge in [0.1, 0.15) is 5.75 Å². The molecule has 7 nitrogen and oxygen atoms in total. The Kier molecular flexibility index (Phi) is 4.73. The zero-order chi connectivity index (χ0) is 19.7. The van der Waals surface area contributed by atoms with Gasteiger partial charge in [0.2, 0.25) is 5.91 Å². The number of nitrogens with one attached hydrogen (secondary N) is 1. The molecule has 0 spiro atoms. The number of hydrogen-bond acceptors (Lipinski definition) is 4. The van der Waals surface area contributed by atoms with Crippen molar-refractivity contribution in [2.24, 2.45) is 0 Å². The van der Waals surface area contributed by atoms with Gasteiger partial charge >= 0.3 is 0 Å². The van der Waals surface area contributed by atoms with E-state index in [-0.39, 0.29) is 24.3 Å². The Morgan fingerprint density at radius 2 is 1.86 bits per heavy atom. The van der Waals surface area contributed by atoms with Crippen molar-refractivity contribution in [2.75, 3.05) is 29.9 Å². The van der Waals surface area contributed by atoms with Gasteiger partial charge in [-0.15, -0.1) is 0 Å². The van der Waals surface area contributed by atoms with Crippen LogP contribution in [0.4, 0.5) is 11.4 Å². The van der Waals surface area contributed by atoms with Crippen molar-refractivity contribution < 1.29 is 19.1 Å². The molecule has 3 amide bonds. The first-order valence-corrected chi connectivity index (χ1v) is 9.28. The standard InChI is InChI=1S/C21H21N3O4/c1-22-20(26)18-13-24(16-5-2-3-6-17(16)28-18)21(27)14-8-10-15(11-9-14)23-12-4-7-19(23)25/h2-3,5-6,8-11,18H,4,7,12-13H2,1H3,(H,22,26)/t18-/m0/s1. The lowest BCUT2D eigenvalue weighted by Gasteiger charge is -2.34. The normalized spacial score (nSPS) is 18.5. The van der Waals surface area contributed by atoms with Crippen molar-refractivity contribution in [2.45, 2.75) is 18.9 Å². The molecule has 0 aliphatic carbocycles. The molecule has 2 aliphatic rings. The van der Waals surface area contributed by atoms with E-state index < -0.39 is 6.10 Å². The molecular weight excluding hydrogens is 358 g/mol. The highest BCUT2D eigenvalue weighted by molar-refractivity contribution is 6.08. The highest BCUT2D eigenvalue weighted by atomic mass is 16.5. The van der Waals surface area contributed by atoms with Crippen LogP contribution in [0.2, 0.25) is 0 Å². The number of carbonyl (C=O) groups is 3. The number of hydrogen-bond donors (Lipinski definition) is 1. The monoisotopic (exact) mass is 379 g/mol. The average molecular weight is 379 g/mol. The molecule has 0 aromatic heterocycles. The zero-order valence-electron chi connectivity index (χ0n) is 15.6. The number of rotatable bonds is 3. The van der Waals surface area contributed by atoms with Crippen LogP contribution in [0.15, 0.2) is 48.5 Å². The van der Waals surface area contributed by atoms with Gasteiger partial charge in [-0.05, 0) is 42.8 Å². The molecule has 1 atom stereocenters. The van der Waals surface area contributed by atoms with Crippen LogP contribution in [-0.2, 0) is 9.59 Å². The van der Waals surface area contributed by atoms with Crippen molar-refractivity contribution in [3.05, 3.63) is 54.1 Å². The summed E-state index contributed by atoms with van der Waals surface area (Å²) in [5.74, 6) is 0.101. The Morgan fingerprint density at radius 1 is 1.11 bits per heavy atom. The first-order chi connectivity index (χ1) is 13.6. The average Bonchev–Trinajstić information content (AvgIpc) is 3.17. The summed E-state index contributed by atoms with van der Waals surface area (Å²) in [5.41, 5.74) is 1.92. The molecule has 0 radical (unpaired) electrons. The van der Waals surface area contributed by atoms with Crippen molar-refractivity contribution in [3.8, 4) is 5.75 Å². The summed E-state index contributed by atoms with van der Waals surface area (Å²) in [6.45, 7) is 0.832. The number of ether oxygens (including phenoxy) is 1. The van der Waals surface area contributed by atoms with E-state index in [2.05, 4.69) is 5.32 Å². The highest BCUT2D eigenvalue weighted by Gasteiger charge is 2.33. The van der Waals surface area contributed by atoms with Gasteiger partial charge in [0.15, 0.2) is 6.10 Å². The van der Waals surface area contributed by atoms with E-state index in [9.17, 15) is 14.4 Å². The molecule has 1 fully saturated rings. The fourth-order valence-electron chi connectivity index (χ4n) is 3.59. The Balaban J connectivity index is 1.61. The maximum Gasteiger partial charge on any atom is 0.262 e. The van der Waals surface area contributed by atoms with Crippen LogP contribution >= 0.6 is 0 Å². The molecule has 0 saturated carbocycles. The Bertz CT molecular complexity index is 926. The predicted octanol–water partition coefficient (Wildman–Crippen LogP) is 1.97. The quantitative estimate of drug-likeness (QED) is 0.884. The van der Waals surface area contributed by atoms with Gasteiger partial charge < -0.3 is 19.9 Å². The van der Waals surface area contributed by atoms with E-state index in [0.29, 0.717) is 30.0 Å². The highest BCUT2D eigenvalue weighted by Crippen LogP contribution is 2.34. The van der Waals surface area contributed by atoms with Crippen LogP contribution in [0.3, 0.4) is 0 Å². The number of fused-ring (bicyclic) bond motifs is 1. The fourth-order valence-corrected chi connectivity index (χ4v) is 3.59. The third kappa shape index (κ3) is 3.19. The van der Waals surface area contributed by atoms with Gasteiger partial charge in [-0.1, -0.05) is 12.1 Å². The molecule has 28 heavy (non-hydrogen) atoms. The minimum atomic E-state index is -0.773. The Morgan fingerprint density at radius 3 is 2.54 bits per heavy atom. The van der Waals surface area contributed by atoms with E-state index in [0.717, 1.165) is 12.1 Å². The molecule has 0 bridgehead atoms. The van der Waals surface area contributed by atoms with Gasteiger partial charge in [0, 0.05) is 31.3 Å². The predicted molar refractivity (Wildman–Crippen MR) is 105 cm³/mol. The summed E-state index contributed by atoms with van der Waals surface area (Å²) in [7, 11) is 1.54. The summed E-state index contributed by atoms with van der Waals surface area (Å²) < 4.78 is 5.75. The molecule has 7 heteroatoms. The number of benzene rings is 2. The minimum Gasteiger partial charge on any atom is -0.477 e. The molecule has 4 rings (SSSR count). The number of amides is 3.